The normalized spacial score (nSPS) is 24.3. The first-order valence-corrected chi connectivity index (χ1v) is 7.04. The van der Waals surface area contributed by atoms with Crippen molar-refractivity contribution in [3.63, 3.8) is 0 Å². The Morgan fingerprint density at radius 1 is 1.37 bits per heavy atom. The topological polar surface area (TPSA) is 38.3 Å². The lowest BCUT2D eigenvalue weighted by Gasteiger charge is -2.38. The second-order valence-corrected chi connectivity index (χ2v) is 6.44. The SMILES string of the molecule is Cc1ccc2c(c1)[C@H](NC(=O)C1CC1)CC(C)(C)O2. The molecule has 102 valence electrons. The number of hydrogen-bond donors (Lipinski definition) is 1. The third-order valence-corrected chi connectivity index (χ3v) is 3.89. The Bertz CT molecular complexity index is 517. The molecule has 1 atom stereocenters. The molecule has 1 amide bonds. The Hall–Kier alpha value is -1.51. The molecule has 0 spiro atoms. The van der Waals surface area contributed by atoms with E-state index in [4.69, 9.17) is 4.74 Å². The van der Waals surface area contributed by atoms with Gasteiger partial charge in [0.05, 0.1) is 6.04 Å². The first-order valence-electron chi connectivity index (χ1n) is 7.04. The summed E-state index contributed by atoms with van der Waals surface area (Å²) in [4.78, 5) is 12.0. The summed E-state index contributed by atoms with van der Waals surface area (Å²) >= 11 is 0. The van der Waals surface area contributed by atoms with Crippen LogP contribution in [0.3, 0.4) is 0 Å². The molecule has 1 heterocycles. The molecule has 0 saturated heterocycles. The molecule has 0 aromatic heterocycles. The van der Waals surface area contributed by atoms with Crippen LogP contribution in [0.5, 0.6) is 5.75 Å². The fourth-order valence-corrected chi connectivity index (χ4v) is 2.74. The molecule has 0 bridgehead atoms. The smallest absolute Gasteiger partial charge is 0.223 e. The Morgan fingerprint density at radius 3 is 2.79 bits per heavy atom. The van der Waals surface area contributed by atoms with E-state index in [0.717, 1.165) is 30.6 Å². The lowest BCUT2D eigenvalue weighted by molar-refractivity contribution is -0.123. The standard InChI is InChI=1S/C16H21NO2/c1-10-4-7-14-12(8-10)13(9-16(2,3)19-14)17-15(18)11-5-6-11/h4,7-8,11,13H,5-6,9H2,1-3H3,(H,17,18)/t13-/m1/s1. The van der Waals surface area contributed by atoms with Gasteiger partial charge in [0.15, 0.2) is 0 Å². The molecule has 1 aliphatic carbocycles. The number of carbonyl (C=O) groups excluding carboxylic acids is 1. The van der Waals surface area contributed by atoms with Crippen molar-refractivity contribution in [1.82, 2.24) is 5.32 Å². The number of hydrogen-bond acceptors (Lipinski definition) is 2. The van der Waals surface area contributed by atoms with Gasteiger partial charge in [-0.3, -0.25) is 4.79 Å². The molecule has 1 aromatic carbocycles. The van der Waals surface area contributed by atoms with Gasteiger partial charge in [0, 0.05) is 17.9 Å². The van der Waals surface area contributed by atoms with Crippen LogP contribution in [0.25, 0.3) is 0 Å². The number of benzene rings is 1. The predicted molar refractivity (Wildman–Crippen MR) is 74.1 cm³/mol. The minimum Gasteiger partial charge on any atom is -0.487 e. The molecule has 0 unspecified atom stereocenters. The van der Waals surface area contributed by atoms with Crippen LogP contribution < -0.4 is 10.1 Å². The van der Waals surface area contributed by atoms with E-state index in [1.54, 1.807) is 0 Å². The third kappa shape index (κ3) is 2.60. The molecule has 2 aliphatic rings. The Morgan fingerprint density at radius 2 is 2.11 bits per heavy atom. The van der Waals surface area contributed by atoms with Crippen LogP contribution in [0.4, 0.5) is 0 Å². The Kier molecular flexibility index (Phi) is 2.80. The summed E-state index contributed by atoms with van der Waals surface area (Å²) in [7, 11) is 0. The molecule has 3 heteroatoms. The highest BCUT2D eigenvalue weighted by molar-refractivity contribution is 5.81. The van der Waals surface area contributed by atoms with Gasteiger partial charge in [0.25, 0.3) is 0 Å². The molecular formula is C16H21NO2. The van der Waals surface area contributed by atoms with Crippen LogP contribution in [0.1, 0.15) is 50.3 Å². The number of nitrogens with one attached hydrogen (secondary N) is 1. The third-order valence-electron chi connectivity index (χ3n) is 3.89. The molecular weight excluding hydrogens is 238 g/mol. The number of fused-ring (bicyclic) bond motifs is 1. The number of aryl methyl sites for hydroxylation is 1. The van der Waals surface area contributed by atoms with E-state index in [2.05, 4.69) is 38.2 Å². The molecule has 1 N–H and O–H groups in total. The highest BCUT2D eigenvalue weighted by atomic mass is 16.5. The van der Waals surface area contributed by atoms with Crippen LogP contribution in [-0.2, 0) is 4.79 Å². The fraction of sp³-hybridized carbons (Fsp3) is 0.562. The second kappa shape index (κ2) is 4.26. The number of amides is 1. The van der Waals surface area contributed by atoms with Gasteiger partial charge >= 0.3 is 0 Å². The van der Waals surface area contributed by atoms with E-state index < -0.39 is 0 Å². The van der Waals surface area contributed by atoms with Gasteiger partial charge in [-0.25, -0.2) is 0 Å². The first-order chi connectivity index (χ1) is 8.94. The summed E-state index contributed by atoms with van der Waals surface area (Å²) in [5.74, 6) is 1.36. The van der Waals surface area contributed by atoms with Gasteiger partial charge in [-0.15, -0.1) is 0 Å². The molecule has 3 rings (SSSR count). The number of carbonyl (C=O) groups is 1. The highest BCUT2D eigenvalue weighted by Crippen LogP contribution is 2.40. The van der Waals surface area contributed by atoms with Crippen molar-refractivity contribution >= 4 is 5.91 Å². The molecule has 1 aliphatic heterocycles. The Labute approximate surface area is 114 Å². The van der Waals surface area contributed by atoms with Crippen LogP contribution in [0.15, 0.2) is 18.2 Å². The average Bonchev–Trinajstić information content (AvgIpc) is 3.13. The zero-order valence-corrected chi connectivity index (χ0v) is 11.8. The summed E-state index contributed by atoms with van der Waals surface area (Å²) in [6, 6.07) is 6.27. The van der Waals surface area contributed by atoms with Crippen molar-refractivity contribution in [2.75, 3.05) is 0 Å². The molecule has 1 saturated carbocycles. The van der Waals surface area contributed by atoms with Crippen LogP contribution >= 0.6 is 0 Å². The van der Waals surface area contributed by atoms with Crippen molar-refractivity contribution in [2.24, 2.45) is 5.92 Å². The van der Waals surface area contributed by atoms with E-state index in [1.807, 2.05) is 6.07 Å². The van der Waals surface area contributed by atoms with Gasteiger partial charge in [0.2, 0.25) is 5.91 Å². The van der Waals surface area contributed by atoms with Gasteiger partial charge in [-0.2, -0.15) is 0 Å². The van der Waals surface area contributed by atoms with E-state index in [1.165, 1.54) is 5.56 Å². The van der Waals surface area contributed by atoms with Crippen LogP contribution in [0.2, 0.25) is 0 Å². The lowest BCUT2D eigenvalue weighted by atomic mass is 9.89. The molecule has 1 fully saturated rings. The maximum absolute atomic E-state index is 12.0. The summed E-state index contributed by atoms with van der Waals surface area (Å²) in [6.45, 7) is 6.22. The van der Waals surface area contributed by atoms with Crippen LogP contribution in [0, 0.1) is 12.8 Å². The van der Waals surface area contributed by atoms with E-state index in [0.29, 0.717) is 0 Å². The Balaban J connectivity index is 1.89. The minimum absolute atomic E-state index is 0.0757. The van der Waals surface area contributed by atoms with Crippen molar-refractivity contribution in [3.05, 3.63) is 29.3 Å². The van der Waals surface area contributed by atoms with Gasteiger partial charge in [-0.1, -0.05) is 17.7 Å². The van der Waals surface area contributed by atoms with Crippen LogP contribution in [-0.4, -0.2) is 11.5 Å². The minimum atomic E-state index is -0.232. The number of ether oxygens (including phenoxy) is 1. The van der Waals surface area contributed by atoms with Gasteiger partial charge in [0.1, 0.15) is 11.4 Å². The average molecular weight is 259 g/mol. The molecule has 3 nitrogen and oxygen atoms in total. The molecule has 1 aromatic rings. The summed E-state index contributed by atoms with van der Waals surface area (Å²) < 4.78 is 6.01. The van der Waals surface area contributed by atoms with Gasteiger partial charge in [-0.05, 0) is 39.7 Å². The summed E-state index contributed by atoms with van der Waals surface area (Å²) in [5.41, 5.74) is 2.09. The van der Waals surface area contributed by atoms with Crippen molar-refractivity contribution < 1.29 is 9.53 Å². The van der Waals surface area contributed by atoms with E-state index >= 15 is 0 Å². The fourth-order valence-electron chi connectivity index (χ4n) is 2.74. The predicted octanol–water partition coefficient (Wildman–Crippen LogP) is 3.12. The first kappa shape index (κ1) is 12.5. The zero-order chi connectivity index (χ0) is 13.6. The molecule has 0 radical (unpaired) electrons. The van der Waals surface area contributed by atoms with Crippen molar-refractivity contribution in [1.29, 1.82) is 0 Å². The van der Waals surface area contributed by atoms with Gasteiger partial charge < -0.3 is 10.1 Å². The maximum atomic E-state index is 12.0. The lowest BCUT2D eigenvalue weighted by Crippen LogP contribution is -2.41. The van der Waals surface area contributed by atoms with E-state index in [-0.39, 0.29) is 23.5 Å². The van der Waals surface area contributed by atoms with E-state index in [9.17, 15) is 4.79 Å². The quantitative estimate of drug-likeness (QED) is 0.886. The summed E-state index contributed by atoms with van der Waals surface area (Å²) in [6.07, 6.45) is 2.90. The second-order valence-electron chi connectivity index (χ2n) is 6.44. The molecule has 19 heavy (non-hydrogen) atoms. The largest absolute Gasteiger partial charge is 0.487 e. The monoisotopic (exact) mass is 259 g/mol. The number of rotatable bonds is 2. The van der Waals surface area contributed by atoms with Crippen molar-refractivity contribution in [2.45, 2.75) is 51.7 Å². The highest BCUT2D eigenvalue weighted by Gasteiger charge is 2.37. The summed E-state index contributed by atoms with van der Waals surface area (Å²) in [5, 5.41) is 3.20. The van der Waals surface area contributed by atoms with Crippen molar-refractivity contribution in [3.8, 4) is 5.75 Å². The zero-order valence-electron chi connectivity index (χ0n) is 11.8. The maximum Gasteiger partial charge on any atom is 0.223 e.